The van der Waals surface area contributed by atoms with E-state index < -0.39 is 0 Å². The zero-order chi connectivity index (χ0) is 37.0. The molecule has 0 N–H and O–H groups in total. The number of hydrogen-bond donors (Lipinski definition) is 0. The molecule has 0 amide bonds. The number of fused-ring (bicyclic) bond motifs is 6. The van der Waals surface area contributed by atoms with Crippen LogP contribution in [0.3, 0.4) is 0 Å². The lowest BCUT2D eigenvalue weighted by atomic mass is 10.0. The Morgan fingerprint density at radius 1 is 0.286 bits per heavy atom. The topological polar surface area (TPSA) is 104 Å². The summed E-state index contributed by atoms with van der Waals surface area (Å²) in [4.78, 5) is 30.0. The van der Waals surface area contributed by atoms with Gasteiger partial charge in [0.25, 0.3) is 0 Å². The molecule has 0 atom stereocenters. The van der Waals surface area contributed by atoms with Crippen LogP contribution in [0.15, 0.2) is 179 Å². The summed E-state index contributed by atoms with van der Waals surface area (Å²) in [6.07, 6.45) is 0. The SMILES string of the molecule is c1ccc(-c2nc(-c3ccccc3)nc(-c3ccc4c(c3)oc3c(-c5nc(-c6ccccc6)nc(-c6cccc7oc8ccccc8c67)n5)cccc34)n2)cc1. The van der Waals surface area contributed by atoms with Gasteiger partial charge in [-0.3, -0.25) is 0 Å². The highest BCUT2D eigenvalue weighted by Crippen LogP contribution is 2.39. The summed E-state index contributed by atoms with van der Waals surface area (Å²) in [5.41, 5.74) is 8.07. The molecule has 0 aliphatic carbocycles. The summed E-state index contributed by atoms with van der Waals surface area (Å²) < 4.78 is 13.0. The van der Waals surface area contributed by atoms with Crippen molar-refractivity contribution < 1.29 is 8.83 Å². The van der Waals surface area contributed by atoms with Gasteiger partial charge in [0.15, 0.2) is 34.9 Å². The third-order valence-electron chi connectivity index (χ3n) is 10.0. The number of benzene rings is 7. The van der Waals surface area contributed by atoms with Crippen molar-refractivity contribution in [3.05, 3.63) is 170 Å². The largest absolute Gasteiger partial charge is 0.456 e. The maximum absolute atomic E-state index is 6.75. The lowest BCUT2D eigenvalue weighted by Gasteiger charge is -2.09. The van der Waals surface area contributed by atoms with Gasteiger partial charge in [-0.1, -0.05) is 140 Å². The first-order chi connectivity index (χ1) is 27.7. The van der Waals surface area contributed by atoms with Crippen molar-refractivity contribution in [3.8, 4) is 68.3 Å². The van der Waals surface area contributed by atoms with E-state index in [0.717, 1.165) is 66.1 Å². The van der Waals surface area contributed by atoms with Crippen LogP contribution in [0.4, 0.5) is 0 Å². The van der Waals surface area contributed by atoms with E-state index in [-0.39, 0.29) is 0 Å². The maximum Gasteiger partial charge on any atom is 0.167 e. The molecule has 0 aliphatic heterocycles. The average Bonchev–Trinajstić information content (AvgIpc) is 3.85. The van der Waals surface area contributed by atoms with E-state index in [2.05, 4.69) is 18.2 Å². The molecule has 11 aromatic rings. The monoisotopic (exact) mass is 720 g/mol. The molecule has 0 saturated heterocycles. The Morgan fingerprint density at radius 3 is 1.43 bits per heavy atom. The zero-order valence-corrected chi connectivity index (χ0v) is 29.7. The summed E-state index contributed by atoms with van der Waals surface area (Å²) in [5, 5.41) is 3.86. The van der Waals surface area contributed by atoms with Crippen LogP contribution in [0.25, 0.3) is 112 Å². The van der Waals surface area contributed by atoms with Gasteiger partial charge in [0.1, 0.15) is 22.3 Å². The highest BCUT2D eigenvalue weighted by Gasteiger charge is 2.21. The summed E-state index contributed by atoms with van der Waals surface area (Å²) in [6, 6.07) is 56.1. The van der Waals surface area contributed by atoms with Gasteiger partial charge >= 0.3 is 0 Å². The summed E-state index contributed by atoms with van der Waals surface area (Å²) in [5.74, 6) is 3.35. The van der Waals surface area contributed by atoms with Crippen LogP contribution in [-0.2, 0) is 0 Å². The second kappa shape index (κ2) is 12.9. The molecule has 0 fully saturated rings. The Kier molecular flexibility index (Phi) is 7.31. The van der Waals surface area contributed by atoms with Crippen molar-refractivity contribution in [2.75, 3.05) is 0 Å². The highest BCUT2D eigenvalue weighted by molar-refractivity contribution is 6.12. The van der Waals surface area contributed by atoms with Crippen molar-refractivity contribution in [3.63, 3.8) is 0 Å². The highest BCUT2D eigenvalue weighted by atomic mass is 16.3. The van der Waals surface area contributed by atoms with E-state index in [9.17, 15) is 0 Å². The van der Waals surface area contributed by atoms with E-state index in [1.807, 2.05) is 152 Å². The number of aromatic nitrogens is 6. The molecule has 4 heterocycles. The fourth-order valence-electron chi connectivity index (χ4n) is 7.35. The van der Waals surface area contributed by atoms with Gasteiger partial charge in [-0.2, -0.15) is 0 Å². The normalized spacial score (nSPS) is 11.6. The summed E-state index contributed by atoms with van der Waals surface area (Å²) >= 11 is 0. The van der Waals surface area contributed by atoms with Gasteiger partial charge in [-0.15, -0.1) is 0 Å². The molecule has 0 saturated carbocycles. The molecule has 11 rings (SSSR count). The lowest BCUT2D eigenvalue weighted by molar-refractivity contribution is 0.668. The van der Waals surface area contributed by atoms with E-state index in [4.69, 9.17) is 38.7 Å². The van der Waals surface area contributed by atoms with Gasteiger partial charge < -0.3 is 8.83 Å². The van der Waals surface area contributed by atoms with E-state index in [1.165, 1.54) is 0 Å². The quantitative estimate of drug-likeness (QED) is 0.167. The molecule has 8 nitrogen and oxygen atoms in total. The molecule has 0 aliphatic rings. The summed E-state index contributed by atoms with van der Waals surface area (Å²) in [6.45, 7) is 0. The summed E-state index contributed by atoms with van der Waals surface area (Å²) in [7, 11) is 0. The van der Waals surface area contributed by atoms with E-state index in [1.54, 1.807) is 0 Å². The van der Waals surface area contributed by atoms with Crippen LogP contribution in [0.5, 0.6) is 0 Å². The number of para-hydroxylation sites is 2. The van der Waals surface area contributed by atoms with E-state index in [0.29, 0.717) is 46.1 Å². The Hall–Kier alpha value is -7.84. The van der Waals surface area contributed by atoms with Gasteiger partial charge in [0, 0.05) is 49.4 Å². The first-order valence-electron chi connectivity index (χ1n) is 18.3. The fourth-order valence-corrected chi connectivity index (χ4v) is 7.35. The molecule has 0 bridgehead atoms. The number of hydrogen-bond acceptors (Lipinski definition) is 8. The Morgan fingerprint density at radius 2 is 0.768 bits per heavy atom. The second-order valence-corrected chi connectivity index (χ2v) is 13.5. The van der Waals surface area contributed by atoms with Gasteiger partial charge in [-0.05, 0) is 30.3 Å². The molecule has 0 spiro atoms. The van der Waals surface area contributed by atoms with Crippen LogP contribution >= 0.6 is 0 Å². The molecule has 4 aromatic heterocycles. The average molecular weight is 721 g/mol. The molecule has 0 unspecified atom stereocenters. The molecule has 0 radical (unpaired) electrons. The minimum atomic E-state index is 0.501. The van der Waals surface area contributed by atoms with Crippen molar-refractivity contribution in [1.29, 1.82) is 0 Å². The second-order valence-electron chi connectivity index (χ2n) is 13.5. The van der Waals surface area contributed by atoms with Gasteiger partial charge in [-0.25, -0.2) is 29.9 Å². The van der Waals surface area contributed by atoms with Crippen LogP contribution < -0.4 is 0 Å². The third-order valence-corrected chi connectivity index (χ3v) is 10.0. The van der Waals surface area contributed by atoms with Crippen molar-refractivity contribution in [2.45, 2.75) is 0 Å². The minimum absolute atomic E-state index is 0.501. The van der Waals surface area contributed by atoms with Crippen LogP contribution in [0, 0.1) is 0 Å². The predicted octanol–water partition coefficient (Wildman–Crippen LogP) is 11.9. The van der Waals surface area contributed by atoms with Crippen LogP contribution in [0.2, 0.25) is 0 Å². The fraction of sp³-hybridized carbons (Fsp3) is 0. The Balaban J connectivity index is 1.09. The van der Waals surface area contributed by atoms with Gasteiger partial charge in [0.05, 0.1) is 5.56 Å². The molecule has 262 valence electrons. The first-order valence-corrected chi connectivity index (χ1v) is 18.3. The standard InChI is InChI=1S/C48H28N6O2/c1-4-14-29(15-5-1)43-49-44(30-16-6-2-7-17-30)51-46(50-43)32-26-27-33-34-21-12-23-37(42(34)56-40(33)28-32)48-53-45(31-18-8-3-9-19-31)52-47(54-48)36-22-13-25-39-41(36)35-20-10-11-24-38(35)55-39/h1-28H. The minimum Gasteiger partial charge on any atom is -0.456 e. The Labute approximate surface area is 319 Å². The van der Waals surface area contributed by atoms with Crippen molar-refractivity contribution >= 4 is 43.9 Å². The van der Waals surface area contributed by atoms with Crippen LogP contribution in [0.1, 0.15) is 0 Å². The number of nitrogens with zero attached hydrogens (tertiary/aromatic N) is 6. The first kappa shape index (κ1) is 31.7. The number of rotatable bonds is 6. The molecule has 7 aromatic carbocycles. The third kappa shape index (κ3) is 5.39. The number of furan rings is 2. The smallest absolute Gasteiger partial charge is 0.167 e. The molecular formula is C48H28N6O2. The molecular weight excluding hydrogens is 693 g/mol. The maximum atomic E-state index is 6.75. The zero-order valence-electron chi connectivity index (χ0n) is 29.7. The van der Waals surface area contributed by atoms with E-state index >= 15 is 0 Å². The van der Waals surface area contributed by atoms with Crippen molar-refractivity contribution in [2.24, 2.45) is 0 Å². The lowest BCUT2D eigenvalue weighted by Crippen LogP contribution is -2.00. The molecule has 8 heteroatoms. The molecule has 56 heavy (non-hydrogen) atoms. The van der Waals surface area contributed by atoms with Gasteiger partial charge in [0.2, 0.25) is 0 Å². The van der Waals surface area contributed by atoms with Crippen molar-refractivity contribution in [1.82, 2.24) is 29.9 Å². The van der Waals surface area contributed by atoms with Crippen LogP contribution in [-0.4, -0.2) is 29.9 Å². The Bertz CT molecular complexity index is 3190. The predicted molar refractivity (Wildman–Crippen MR) is 220 cm³/mol.